The van der Waals surface area contributed by atoms with E-state index in [1.54, 1.807) is 56.7 Å². The Kier molecular flexibility index (Phi) is 27.6. The van der Waals surface area contributed by atoms with Crippen LogP contribution in [0.2, 0.25) is 15.7 Å². The van der Waals surface area contributed by atoms with Gasteiger partial charge in [0, 0.05) is 50.2 Å². The maximum absolute atomic E-state index is 5.79. The van der Waals surface area contributed by atoms with Crippen molar-refractivity contribution in [2.24, 2.45) is 0 Å². The normalized spacial score (nSPS) is 9.72. The minimum absolute atomic E-state index is 0.469. The van der Waals surface area contributed by atoms with Gasteiger partial charge in [0.05, 0.1) is 23.5 Å². The van der Waals surface area contributed by atoms with Gasteiger partial charge in [-0.1, -0.05) is 69.2 Å². The highest BCUT2D eigenvalue weighted by atomic mass is 79.9. The van der Waals surface area contributed by atoms with Crippen LogP contribution in [0.1, 0.15) is 101 Å². The lowest BCUT2D eigenvalue weighted by Crippen LogP contribution is -1.65. The molecule has 15 heteroatoms. The van der Waals surface area contributed by atoms with E-state index >= 15 is 0 Å². The zero-order chi connectivity index (χ0) is 46.6. The number of furan rings is 5. The predicted octanol–water partition coefficient (Wildman–Crippen LogP) is 22.9. The van der Waals surface area contributed by atoms with Crippen LogP contribution in [-0.2, 0) is 0 Å². The van der Waals surface area contributed by atoms with Gasteiger partial charge in [-0.05, 0) is 143 Å². The highest BCUT2D eigenvalue weighted by molar-refractivity contribution is 9.10. The van der Waals surface area contributed by atoms with Gasteiger partial charge in [0.15, 0.2) is 25.0 Å². The predicted molar refractivity (Wildman–Crippen MR) is 286 cm³/mol. The number of halogens is 5. The Labute approximate surface area is 413 Å². The molecule has 0 radical (unpaired) electrons. The standard InChI is InChI=1S/2C8H7ClOS.2C7H5BrOS.C6H3ClOS.5C2H6/c1-4-5(2)11-6-3-7(9)10-8(4)6;1-4-3-6-7(11-4)5(2)8(9)10-6;1-4-3-10-5-2-6(8)9-7(4)5;1-4-6-5(2-3-10-6)9-7(4)8;7-6-3-5-4(8-6)1-2-9-5;5*1-2/h2*3H,1-2H3;2*2-3H,1H3;1-3H;5*1-2H3. The number of aryl methyl sites for hydroxylation is 6. The van der Waals surface area contributed by atoms with Crippen LogP contribution in [0, 0.1) is 41.5 Å². The van der Waals surface area contributed by atoms with E-state index in [-0.39, 0.29) is 0 Å². The van der Waals surface area contributed by atoms with E-state index in [0.717, 1.165) is 52.2 Å². The molecule has 0 unspecified atom stereocenters. The minimum atomic E-state index is 0.469. The zero-order valence-electron chi connectivity index (χ0n) is 37.7. The number of thiophene rings is 5. The first kappa shape index (κ1) is 57.0. The molecule has 0 atom stereocenters. The van der Waals surface area contributed by atoms with Crippen LogP contribution in [0.3, 0.4) is 0 Å². The third-order valence-electron chi connectivity index (χ3n) is 7.42. The van der Waals surface area contributed by atoms with Crippen molar-refractivity contribution in [2.75, 3.05) is 0 Å². The van der Waals surface area contributed by atoms with Crippen LogP contribution in [0.15, 0.2) is 84.0 Å². The third-order valence-corrected chi connectivity index (χ3v) is 14.5. The molecule has 336 valence electrons. The van der Waals surface area contributed by atoms with Crippen molar-refractivity contribution < 1.29 is 22.1 Å². The molecule has 0 amide bonds. The summed E-state index contributed by atoms with van der Waals surface area (Å²) >= 11 is 32.1. The Morgan fingerprint density at radius 2 is 1.08 bits per heavy atom. The maximum atomic E-state index is 5.79. The molecule has 5 nitrogen and oxygen atoms in total. The summed E-state index contributed by atoms with van der Waals surface area (Å²) in [5, 5.41) is 7.58. The van der Waals surface area contributed by atoms with Crippen LogP contribution in [0.4, 0.5) is 0 Å². The lowest BCUT2D eigenvalue weighted by atomic mass is 10.3. The fourth-order valence-electron chi connectivity index (χ4n) is 4.74. The van der Waals surface area contributed by atoms with Crippen LogP contribution < -0.4 is 0 Å². The first-order valence-electron chi connectivity index (χ1n) is 20.0. The van der Waals surface area contributed by atoms with Crippen molar-refractivity contribution in [3.63, 3.8) is 0 Å². The monoisotopic (exact) mass is 1110 g/mol. The van der Waals surface area contributed by atoms with E-state index in [1.807, 2.05) is 137 Å². The molecule has 0 saturated carbocycles. The van der Waals surface area contributed by atoms with Gasteiger partial charge < -0.3 is 22.1 Å². The Balaban J connectivity index is 0.000000362. The van der Waals surface area contributed by atoms with Gasteiger partial charge >= 0.3 is 0 Å². The van der Waals surface area contributed by atoms with Crippen molar-refractivity contribution >= 4 is 175 Å². The van der Waals surface area contributed by atoms with Crippen LogP contribution in [0.25, 0.3) is 51.4 Å². The van der Waals surface area contributed by atoms with Crippen molar-refractivity contribution in [3.8, 4) is 0 Å². The SMILES string of the molecule is CC.CC.CC.CC.CC.Cc1c(Br)oc2ccsc12.Cc1cc2oc(Cl)c(C)c2s1.Cc1csc2cc(Br)oc12.Cc1sc2cc(Cl)oc2c1C.Clc1cc2sccc2o1. The largest absolute Gasteiger partial charge is 0.448 e. The second-order valence-electron chi connectivity index (χ2n) is 11.1. The fourth-order valence-corrected chi connectivity index (χ4v) is 10.9. The van der Waals surface area contributed by atoms with Crippen molar-refractivity contribution in [2.45, 2.75) is 111 Å². The molecule has 10 heterocycles. The van der Waals surface area contributed by atoms with Gasteiger partial charge in [0.25, 0.3) is 0 Å². The molecular weight excluding hydrogens is 1060 g/mol. The van der Waals surface area contributed by atoms with E-state index in [9.17, 15) is 0 Å². The Bertz CT molecular complexity index is 2600. The minimum Gasteiger partial charge on any atom is -0.448 e. The number of fused-ring (bicyclic) bond motifs is 5. The molecule has 0 aliphatic heterocycles. The molecule has 10 rings (SSSR count). The van der Waals surface area contributed by atoms with E-state index in [2.05, 4.69) is 58.0 Å². The molecule has 0 aromatic carbocycles. The molecule has 61 heavy (non-hydrogen) atoms. The summed E-state index contributed by atoms with van der Waals surface area (Å²) < 4.78 is 34.0. The van der Waals surface area contributed by atoms with Gasteiger partial charge in [-0.25, -0.2) is 0 Å². The first-order valence-corrected chi connectivity index (χ1v) is 27.0. The molecule has 0 spiro atoms. The number of hydrogen-bond donors (Lipinski definition) is 0. The number of rotatable bonds is 0. The van der Waals surface area contributed by atoms with E-state index in [4.69, 9.17) is 56.9 Å². The average Bonchev–Trinajstić information content (AvgIpc) is 4.16. The molecule has 10 aromatic rings. The van der Waals surface area contributed by atoms with Crippen LogP contribution in [-0.4, -0.2) is 0 Å². The van der Waals surface area contributed by atoms with Gasteiger partial charge in [-0.3, -0.25) is 0 Å². The maximum Gasteiger partial charge on any atom is 0.198 e. The Morgan fingerprint density at radius 1 is 0.492 bits per heavy atom. The van der Waals surface area contributed by atoms with Crippen molar-refractivity contribution in [1.29, 1.82) is 0 Å². The average molecular weight is 1120 g/mol. The first-order chi connectivity index (χ1) is 29.3. The van der Waals surface area contributed by atoms with Crippen molar-refractivity contribution in [1.82, 2.24) is 0 Å². The smallest absolute Gasteiger partial charge is 0.198 e. The van der Waals surface area contributed by atoms with Crippen LogP contribution in [0.5, 0.6) is 0 Å². The Morgan fingerprint density at radius 3 is 1.66 bits per heavy atom. The summed E-state index contributed by atoms with van der Waals surface area (Å²) in [4.78, 5) is 2.56. The lowest BCUT2D eigenvalue weighted by molar-refractivity contribution is 0.584. The molecule has 10 aromatic heterocycles. The van der Waals surface area contributed by atoms with Gasteiger partial charge in [0.1, 0.15) is 27.9 Å². The summed E-state index contributed by atoms with van der Waals surface area (Å²) in [7, 11) is 0. The van der Waals surface area contributed by atoms with Gasteiger partial charge in [-0.2, -0.15) is 0 Å². The molecule has 0 aliphatic carbocycles. The molecule has 0 saturated heterocycles. The zero-order valence-corrected chi connectivity index (χ0v) is 47.2. The fraction of sp³-hybridized carbons (Fsp3) is 0.348. The van der Waals surface area contributed by atoms with Crippen molar-refractivity contribution in [3.05, 3.63) is 110 Å². The molecule has 0 aliphatic rings. The number of hydrogen-bond acceptors (Lipinski definition) is 10. The second kappa shape index (κ2) is 29.5. The highest BCUT2D eigenvalue weighted by Gasteiger charge is 2.11. The molecular formula is C46H57Br2Cl3O5S5. The summed E-state index contributed by atoms with van der Waals surface area (Å²) in [5.41, 5.74) is 9.40. The summed E-state index contributed by atoms with van der Waals surface area (Å²) in [6, 6.07) is 11.6. The van der Waals surface area contributed by atoms with Gasteiger partial charge in [-0.15, -0.1) is 56.7 Å². The Hall–Kier alpha value is -1.97. The summed E-state index contributed by atoms with van der Waals surface area (Å²) in [6.45, 7) is 32.3. The topological polar surface area (TPSA) is 65.7 Å². The highest BCUT2D eigenvalue weighted by Crippen LogP contribution is 2.36. The van der Waals surface area contributed by atoms with E-state index in [1.165, 1.54) is 40.5 Å². The van der Waals surface area contributed by atoms with Crippen LogP contribution >= 0.6 is 123 Å². The van der Waals surface area contributed by atoms with E-state index < -0.39 is 0 Å². The second-order valence-corrected chi connectivity index (χ2v) is 18.9. The summed E-state index contributed by atoms with van der Waals surface area (Å²) in [5.74, 6) is 0. The van der Waals surface area contributed by atoms with E-state index in [0.29, 0.717) is 15.7 Å². The third kappa shape index (κ3) is 15.9. The molecule has 0 fully saturated rings. The van der Waals surface area contributed by atoms with Gasteiger partial charge in [0.2, 0.25) is 0 Å². The molecule has 0 bridgehead atoms. The summed E-state index contributed by atoms with van der Waals surface area (Å²) in [6.07, 6.45) is 0. The lowest BCUT2D eigenvalue weighted by Gasteiger charge is -1.84. The molecule has 0 N–H and O–H groups in total. The quantitative estimate of drug-likeness (QED) is 0.151.